The summed E-state index contributed by atoms with van der Waals surface area (Å²) in [5.41, 5.74) is 3.18. The number of hydrogen-bond acceptors (Lipinski definition) is 2. The molecule has 3 rings (SSSR count). The maximum Gasteiger partial charge on any atom is 0.133 e. The molecule has 1 aliphatic rings. The molecule has 4 nitrogen and oxygen atoms in total. The molecule has 2 aromatic rings. The fourth-order valence-electron chi connectivity index (χ4n) is 1.78. The maximum atomic E-state index is 4.53. The number of aryl methyl sites for hydroxylation is 1. The zero-order valence-corrected chi connectivity index (χ0v) is 8.44. The SMILES string of the molecule is Cn1ncc2c1Nc1ccccc1[N]C2. The minimum absolute atomic E-state index is 0.688. The van der Waals surface area contributed by atoms with Crippen molar-refractivity contribution in [2.75, 3.05) is 5.32 Å². The van der Waals surface area contributed by atoms with Crippen LogP contribution in [0.25, 0.3) is 0 Å². The number of fused-ring (bicyclic) bond motifs is 2. The average molecular weight is 199 g/mol. The Morgan fingerprint density at radius 3 is 3.13 bits per heavy atom. The zero-order valence-electron chi connectivity index (χ0n) is 8.44. The molecule has 1 aromatic carbocycles. The van der Waals surface area contributed by atoms with Gasteiger partial charge in [-0.25, -0.2) is 0 Å². The van der Waals surface area contributed by atoms with Gasteiger partial charge in [0.25, 0.3) is 0 Å². The summed E-state index contributed by atoms with van der Waals surface area (Å²) in [5.74, 6) is 1.03. The number of anilines is 2. The van der Waals surface area contributed by atoms with Crippen molar-refractivity contribution in [3.05, 3.63) is 36.0 Å². The smallest absolute Gasteiger partial charge is 0.133 e. The van der Waals surface area contributed by atoms with Crippen LogP contribution in [0.3, 0.4) is 0 Å². The third-order valence-corrected chi connectivity index (χ3v) is 2.59. The first kappa shape index (κ1) is 8.35. The fourth-order valence-corrected chi connectivity index (χ4v) is 1.78. The molecule has 1 radical (unpaired) electrons. The quantitative estimate of drug-likeness (QED) is 0.704. The zero-order chi connectivity index (χ0) is 10.3. The molecule has 1 aliphatic heterocycles. The van der Waals surface area contributed by atoms with Crippen molar-refractivity contribution in [2.45, 2.75) is 6.54 Å². The van der Waals surface area contributed by atoms with Gasteiger partial charge in [-0.2, -0.15) is 5.10 Å². The fraction of sp³-hybridized carbons (Fsp3) is 0.182. The Labute approximate surface area is 87.9 Å². The topological polar surface area (TPSA) is 44.0 Å². The van der Waals surface area contributed by atoms with Gasteiger partial charge in [0.15, 0.2) is 0 Å². The first-order chi connectivity index (χ1) is 7.34. The number of benzene rings is 1. The summed E-state index contributed by atoms with van der Waals surface area (Å²) in [7, 11) is 1.93. The molecule has 4 heteroatoms. The van der Waals surface area contributed by atoms with Gasteiger partial charge in [-0.15, -0.1) is 0 Å². The van der Waals surface area contributed by atoms with Crippen molar-refractivity contribution in [1.82, 2.24) is 15.1 Å². The molecule has 1 aromatic heterocycles. The monoisotopic (exact) mass is 199 g/mol. The van der Waals surface area contributed by atoms with Crippen LogP contribution in [0.1, 0.15) is 5.56 Å². The Morgan fingerprint density at radius 1 is 1.33 bits per heavy atom. The Bertz CT molecular complexity index is 501. The van der Waals surface area contributed by atoms with Crippen molar-refractivity contribution in [2.24, 2.45) is 7.05 Å². The highest BCUT2D eigenvalue weighted by atomic mass is 15.3. The largest absolute Gasteiger partial charge is 0.338 e. The molecule has 0 unspecified atom stereocenters. The molecule has 0 fully saturated rings. The van der Waals surface area contributed by atoms with Crippen molar-refractivity contribution in [1.29, 1.82) is 0 Å². The molecule has 2 heterocycles. The Balaban J connectivity index is 2.12. The van der Waals surface area contributed by atoms with Gasteiger partial charge in [-0.05, 0) is 12.1 Å². The van der Waals surface area contributed by atoms with Crippen LogP contribution in [0.5, 0.6) is 0 Å². The summed E-state index contributed by atoms with van der Waals surface area (Å²) in [5, 5.41) is 12.1. The van der Waals surface area contributed by atoms with Crippen molar-refractivity contribution < 1.29 is 0 Å². The lowest BCUT2D eigenvalue weighted by molar-refractivity contribution is 0.776. The number of nitrogens with one attached hydrogen (secondary N) is 1. The van der Waals surface area contributed by atoms with Gasteiger partial charge in [0.05, 0.1) is 24.1 Å². The summed E-state index contributed by atoms with van der Waals surface area (Å²) >= 11 is 0. The van der Waals surface area contributed by atoms with Crippen LogP contribution >= 0.6 is 0 Å². The summed E-state index contributed by atoms with van der Waals surface area (Å²) in [6.45, 7) is 0.688. The van der Waals surface area contributed by atoms with Gasteiger partial charge in [0, 0.05) is 12.6 Å². The van der Waals surface area contributed by atoms with Crippen molar-refractivity contribution in [3.63, 3.8) is 0 Å². The number of aromatic nitrogens is 2. The summed E-state index contributed by atoms with van der Waals surface area (Å²) in [6.07, 6.45) is 1.86. The average Bonchev–Trinajstić information content (AvgIpc) is 2.51. The number of para-hydroxylation sites is 2. The number of hydrogen-bond donors (Lipinski definition) is 1. The molecule has 0 saturated heterocycles. The number of rotatable bonds is 0. The first-order valence-corrected chi connectivity index (χ1v) is 4.89. The van der Waals surface area contributed by atoms with Gasteiger partial charge in [0.1, 0.15) is 5.82 Å². The summed E-state index contributed by atoms with van der Waals surface area (Å²) in [6, 6.07) is 8.05. The molecule has 15 heavy (non-hydrogen) atoms. The second-order valence-electron chi connectivity index (χ2n) is 3.60. The second kappa shape index (κ2) is 3.02. The first-order valence-electron chi connectivity index (χ1n) is 4.89. The van der Waals surface area contributed by atoms with E-state index in [0.717, 1.165) is 22.8 Å². The van der Waals surface area contributed by atoms with E-state index in [1.54, 1.807) is 0 Å². The van der Waals surface area contributed by atoms with Crippen LogP contribution in [0.4, 0.5) is 17.2 Å². The normalized spacial score (nSPS) is 13.1. The van der Waals surface area contributed by atoms with E-state index in [-0.39, 0.29) is 0 Å². The van der Waals surface area contributed by atoms with Crippen LogP contribution in [0, 0.1) is 0 Å². The van der Waals surface area contributed by atoms with Crippen LogP contribution in [-0.2, 0) is 13.6 Å². The predicted octanol–water partition coefficient (Wildman–Crippen LogP) is 1.91. The minimum atomic E-state index is 0.688. The van der Waals surface area contributed by atoms with Crippen molar-refractivity contribution in [3.8, 4) is 0 Å². The molecule has 75 valence electrons. The van der Waals surface area contributed by atoms with Crippen molar-refractivity contribution >= 4 is 17.2 Å². The van der Waals surface area contributed by atoms with E-state index in [9.17, 15) is 0 Å². The van der Waals surface area contributed by atoms with Crippen LogP contribution < -0.4 is 10.6 Å². The van der Waals surface area contributed by atoms with Gasteiger partial charge < -0.3 is 5.32 Å². The van der Waals surface area contributed by atoms with E-state index in [1.165, 1.54) is 0 Å². The molecule has 0 aliphatic carbocycles. The van der Waals surface area contributed by atoms with Gasteiger partial charge in [0.2, 0.25) is 0 Å². The predicted molar refractivity (Wildman–Crippen MR) is 58.4 cm³/mol. The molecular weight excluding hydrogens is 188 g/mol. The van der Waals surface area contributed by atoms with E-state index in [4.69, 9.17) is 0 Å². The highest BCUT2D eigenvalue weighted by Gasteiger charge is 2.15. The molecule has 0 spiro atoms. The summed E-state index contributed by atoms with van der Waals surface area (Å²) < 4.78 is 1.84. The van der Waals surface area contributed by atoms with Gasteiger partial charge in [-0.3, -0.25) is 10.00 Å². The number of nitrogens with zero attached hydrogens (tertiary/aromatic N) is 3. The standard InChI is InChI=1S/C11H11N4/c1-15-11-8(7-13-15)6-12-9-4-2-3-5-10(9)14-11/h2-5,7,14H,6H2,1H3. The van der Waals surface area contributed by atoms with E-state index >= 15 is 0 Å². The molecule has 0 saturated carbocycles. The Morgan fingerprint density at radius 2 is 2.20 bits per heavy atom. The van der Waals surface area contributed by atoms with E-state index in [0.29, 0.717) is 6.54 Å². The third kappa shape index (κ3) is 1.26. The molecule has 0 atom stereocenters. The second-order valence-corrected chi connectivity index (χ2v) is 3.60. The summed E-state index contributed by atoms with van der Waals surface area (Å²) in [4.78, 5) is 0. The third-order valence-electron chi connectivity index (χ3n) is 2.59. The van der Waals surface area contributed by atoms with E-state index in [2.05, 4.69) is 15.7 Å². The van der Waals surface area contributed by atoms with Crippen LogP contribution in [-0.4, -0.2) is 9.78 Å². The molecule has 1 N–H and O–H groups in total. The highest BCUT2D eigenvalue weighted by molar-refractivity contribution is 5.73. The lowest BCUT2D eigenvalue weighted by Crippen LogP contribution is -1.99. The molecule has 0 amide bonds. The molecular formula is C11H11N4. The van der Waals surface area contributed by atoms with E-state index in [1.807, 2.05) is 42.2 Å². The van der Waals surface area contributed by atoms with Crippen LogP contribution in [0.2, 0.25) is 0 Å². The van der Waals surface area contributed by atoms with E-state index < -0.39 is 0 Å². The lowest BCUT2D eigenvalue weighted by Gasteiger charge is -2.07. The Hall–Kier alpha value is -1.97. The van der Waals surface area contributed by atoms with Gasteiger partial charge in [-0.1, -0.05) is 12.1 Å². The molecule has 0 bridgehead atoms. The lowest BCUT2D eigenvalue weighted by atomic mass is 10.2. The maximum absolute atomic E-state index is 4.53. The minimum Gasteiger partial charge on any atom is -0.338 e. The Kier molecular flexibility index (Phi) is 1.68. The van der Waals surface area contributed by atoms with Crippen LogP contribution in [0.15, 0.2) is 30.5 Å². The highest BCUT2D eigenvalue weighted by Crippen LogP contribution is 2.30. The van der Waals surface area contributed by atoms with Gasteiger partial charge >= 0.3 is 0 Å².